The number of halogens is 4. The summed E-state index contributed by atoms with van der Waals surface area (Å²) in [5.74, 6) is -1.73. The Kier molecular flexibility index (Phi) is 6.35. The quantitative estimate of drug-likeness (QED) is 0.521. The maximum Gasteiger partial charge on any atom is 0.435 e. The molecule has 0 radical (unpaired) electrons. The van der Waals surface area contributed by atoms with Gasteiger partial charge in [0.05, 0.1) is 16.8 Å². The second-order valence-corrected chi connectivity index (χ2v) is 7.05. The second kappa shape index (κ2) is 8.81. The maximum atomic E-state index is 13.6. The van der Waals surface area contributed by atoms with Crippen LogP contribution >= 0.6 is 11.6 Å². The number of anilines is 2. The van der Waals surface area contributed by atoms with Gasteiger partial charge in [-0.2, -0.15) is 23.3 Å². The van der Waals surface area contributed by atoms with E-state index in [0.29, 0.717) is 23.0 Å². The molecule has 10 heteroatoms. The summed E-state index contributed by atoms with van der Waals surface area (Å²) in [4.78, 5) is 25.6. The standard InChI is InChI=1S/C21H17ClF3N3O3/c1-27(11-10-22)15-6-2-13(3-7-15)12-17-18(21(23,24)25)26-28(19(17)29)16-8-4-14(5-9-16)20(30)31/h2-9,12H,10-11H2,1H3,(H,30,31)/b17-12-. The minimum Gasteiger partial charge on any atom is -0.478 e. The molecule has 2 aromatic rings. The zero-order chi connectivity index (χ0) is 22.8. The van der Waals surface area contributed by atoms with Crippen LogP contribution in [0.15, 0.2) is 59.2 Å². The number of hydrogen-bond acceptors (Lipinski definition) is 4. The Morgan fingerprint density at radius 1 is 1.16 bits per heavy atom. The van der Waals surface area contributed by atoms with Crippen molar-refractivity contribution in [2.75, 3.05) is 29.4 Å². The molecule has 0 saturated carbocycles. The average Bonchev–Trinajstić information content (AvgIpc) is 3.05. The third-order valence-corrected chi connectivity index (χ3v) is 4.74. The van der Waals surface area contributed by atoms with Crippen molar-refractivity contribution >= 4 is 46.6 Å². The molecule has 1 aliphatic heterocycles. The molecule has 1 aliphatic rings. The number of alkyl halides is 4. The third-order valence-electron chi connectivity index (χ3n) is 4.57. The minimum atomic E-state index is -4.85. The molecule has 0 spiro atoms. The summed E-state index contributed by atoms with van der Waals surface area (Å²) in [7, 11) is 1.83. The summed E-state index contributed by atoms with van der Waals surface area (Å²) in [5.41, 5.74) is -0.736. The van der Waals surface area contributed by atoms with Crippen molar-refractivity contribution in [1.82, 2.24) is 0 Å². The SMILES string of the molecule is CN(CCCl)c1ccc(/C=C2\C(=O)N(c3ccc(C(=O)O)cc3)N=C2C(F)(F)F)cc1. The van der Waals surface area contributed by atoms with E-state index in [1.54, 1.807) is 24.3 Å². The lowest BCUT2D eigenvalue weighted by molar-refractivity contribution is -0.114. The first-order valence-corrected chi connectivity index (χ1v) is 9.58. The first-order chi connectivity index (χ1) is 14.6. The number of carbonyl (C=O) groups excluding carboxylic acids is 1. The van der Waals surface area contributed by atoms with Gasteiger partial charge in [0.2, 0.25) is 0 Å². The van der Waals surface area contributed by atoms with E-state index in [2.05, 4.69) is 5.10 Å². The Morgan fingerprint density at radius 2 is 1.77 bits per heavy atom. The van der Waals surface area contributed by atoms with Crippen molar-refractivity contribution in [3.8, 4) is 0 Å². The fraction of sp³-hybridized carbons (Fsp3) is 0.190. The molecule has 0 aliphatic carbocycles. The molecule has 6 nitrogen and oxygen atoms in total. The summed E-state index contributed by atoms with van der Waals surface area (Å²) in [5, 5.41) is 13.0. The molecule has 0 unspecified atom stereocenters. The molecule has 0 atom stereocenters. The van der Waals surface area contributed by atoms with Gasteiger partial charge in [0.15, 0.2) is 5.71 Å². The Morgan fingerprint density at radius 3 is 2.29 bits per heavy atom. The van der Waals surface area contributed by atoms with E-state index < -0.39 is 29.3 Å². The number of nitrogens with zero attached hydrogens (tertiary/aromatic N) is 3. The number of carbonyl (C=O) groups is 2. The monoisotopic (exact) mass is 451 g/mol. The third kappa shape index (κ3) is 4.88. The molecular formula is C21H17ClF3N3O3. The fourth-order valence-corrected chi connectivity index (χ4v) is 3.18. The molecule has 1 N–H and O–H groups in total. The zero-order valence-corrected chi connectivity index (χ0v) is 17.0. The van der Waals surface area contributed by atoms with Crippen molar-refractivity contribution < 1.29 is 27.9 Å². The molecule has 0 aromatic heterocycles. The lowest BCUT2D eigenvalue weighted by Crippen LogP contribution is -2.25. The zero-order valence-electron chi connectivity index (χ0n) is 16.2. The molecule has 31 heavy (non-hydrogen) atoms. The van der Waals surface area contributed by atoms with Crippen LogP contribution in [0.3, 0.4) is 0 Å². The Hall–Kier alpha value is -3.33. The van der Waals surface area contributed by atoms with Gasteiger partial charge in [-0.3, -0.25) is 4.79 Å². The predicted molar refractivity (Wildman–Crippen MR) is 113 cm³/mol. The van der Waals surface area contributed by atoms with Crippen LogP contribution in [0.2, 0.25) is 0 Å². The fourth-order valence-electron chi connectivity index (χ4n) is 2.92. The molecular weight excluding hydrogens is 435 g/mol. The number of hydrogen-bond donors (Lipinski definition) is 1. The van der Waals surface area contributed by atoms with E-state index in [9.17, 15) is 22.8 Å². The molecule has 3 rings (SSSR count). The number of carboxylic acid groups (broad SMARTS) is 1. The molecule has 0 bridgehead atoms. The van der Waals surface area contributed by atoms with Crippen LogP contribution < -0.4 is 9.91 Å². The number of hydrazone groups is 1. The summed E-state index contributed by atoms with van der Waals surface area (Å²) in [6.45, 7) is 0.598. The van der Waals surface area contributed by atoms with E-state index in [0.717, 1.165) is 11.8 Å². The van der Waals surface area contributed by atoms with Crippen LogP contribution in [-0.2, 0) is 4.79 Å². The molecule has 2 aromatic carbocycles. The largest absolute Gasteiger partial charge is 0.478 e. The van der Waals surface area contributed by atoms with Gasteiger partial charge in [0.25, 0.3) is 5.91 Å². The Balaban J connectivity index is 1.95. The van der Waals surface area contributed by atoms with Gasteiger partial charge < -0.3 is 10.0 Å². The smallest absolute Gasteiger partial charge is 0.435 e. The van der Waals surface area contributed by atoms with Gasteiger partial charge in [-0.25, -0.2) is 4.79 Å². The number of carboxylic acids is 1. The van der Waals surface area contributed by atoms with E-state index >= 15 is 0 Å². The molecule has 0 saturated heterocycles. The molecule has 162 valence electrons. The van der Waals surface area contributed by atoms with E-state index in [1.165, 1.54) is 24.3 Å². The van der Waals surface area contributed by atoms with Crippen molar-refractivity contribution in [2.24, 2.45) is 5.10 Å². The highest BCUT2D eigenvalue weighted by molar-refractivity contribution is 6.34. The average molecular weight is 452 g/mol. The van der Waals surface area contributed by atoms with Crippen molar-refractivity contribution in [1.29, 1.82) is 0 Å². The van der Waals surface area contributed by atoms with Crippen LogP contribution in [0.4, 0.5) is 24.5 Å². The van der Waals surface area contributed by atoms with Crippen molar-refractivity contribution in [2.45, 2.75) is 6.18 Å². The van der Waals surface area contributed by atoms with E-state index in [1.807, 2.05) is 11.9 Å². The summed E-state index contributed by atoms with van der Waals surface area (Å²) in [6, 6.07) is 11.4. The first-order valence-electron chi connectivity index (χ1n) is 9.04. The van der Waals surface area contributed by atoms with Crippen LogP contribution in [0, 0.1) is 0 Å². The lowest BCUT2D eigenvalue weighted by atomic mass is 10.1. The topological polar surface area (TPSA) is 73.2 Å². The van der Waals surface area contributed by atoms with Crippen molar-refractivity contribution in [3.05, 3.63) is 65.2 Å². The highest BCUT2D eigenvalue weighted by atomic mass is 35.5. The Labute approximate surface area is 180 Å². The van der Waals surface area contributed by atoms with E-state index in [-0.39, 0.29) is 11.3 Å². The second-order valence-electron chi connectivity index (χ2n) is 6.68. The minimum absolute atomic E-state index is 0.0261. The highest BCUT2D eigenvalue weighted by Gasteiger charge is 2.46. The van der Waals surface area contributed by atoms with Crippen LogP contribution in [-0.4, -0.2) is 48.3 Å². The van der Waals surface area contributed by atoms with Crippen LogP contribution in [0.5, 0.6) is 0 Å². The lowest BCUT2D eigenvalue weighted by Gasteiger charge is -2.17. The molecule has 1 amide bonds. The predicted octanol–water partition coefficient (Wildman–Crippen LogP) is 4.41. The summed E-state index contributed by atoms with van der Waals surface area (Å²) in [6.07, 6.45) is -3.72. The van der Waals surface area contributed by atoms with Gasteiger partial charge in [-0.1, -0.05) is 12.1 Å². The molecule has 1 heterocycles. The summed E-state index contributed by atoms with van der Waals surface area (Å²) < 4.78 is 40.7. The van der Waals surface area contributed by atoms with Crippen molar-refractivity contribution in [3.63, 3.8) is 0 Å². The maximum absolute atomic E-state index is 13.6. The van der Waals surface area contributed by atoms with Gasteiger partial charge in [-0.05, 0) is 48.0 Å². The number of rotatable bonds is 6. The van der Waals surface area contributed by atoms with Crippen LogP contribution in [0.25, 0.3) is 6.08 Å². The van der Waals surface area contributed by atoms with Gasteiger partial charge in [-0.15, -0.1) is 11.6 Å². The van der Waals surface area contributed by atoms with Gasteiger partial charge >= 0.3 is 12.1 Å². The number of aromatic carboxylic acids is 1. The first kappa shape index (κ1) is 22.4. The van der Waals surface area contributed by atoms with E-state index in [4.69, 9.17) is 16.7 Å². The summed E-state index contributed by atoms with van der Waals surface area (Å²) >= 11 is 5.71. The number of amides is 1. The Bertz CT molecular complexity index is 1050. The van der Waals surface area contributed by atoms with Crippen LogP contribution in [0.1, 0.15) is 15.9 Å². The van der Waals surface area contributed by atoms with Gasteiger partial charge in [0, 0.05) is 25.2 Å². The number of benzene rings is 2. The normalized spacial score (nSPS) is 15.4. The van der Waals surface area contributed by atoms with Gasteiger partial charge in [0.1, 0.15) is 0 Å². The highest BCUT2D eigenvalue weighted by Crippen LogP contribution is 2.33. The molecule has 0 fully saturated rings.